The van der Waals surface area contributed by atoms with Crippen molar-refractivity contribution < 1.29 is 0 Å². The molecule has 10 aromatic rings. The normalized spacial score (nSPS) is 12.9. The van der Waals surface area contributed by atoms with Crippen LogP contribution in [-0.2, 0) is 5.41 Å². The summed E-state index contributed by atoms with van der Waals surface area (Å²) in [6.45, 7) is 4.74. The third kappa shape index (κ3) is 6.36. The Morgan fingerprint density at radius 2 is 0.820 bits per heavy atom. The van der Waals surface area contributed by atoms with E-state index in [1.54, 1.807) is 0 Å². The molecule has 0 fully saturated rings. The number of hydrogen-bond acceptors (Lipinski definition) is 2. The lowest BCUT2D eigenvalue weighted by molar-refractivity contribution is 0.632. The van der Waals surface area contributed by atoms with E-state index >= 15 is 0 Å². The van der Waals surface area contributed by atoms with Gasteiger partial charge in [-0.15, -0.1) is 0 Å². The van der Waals surface area contributed by atoms with Crippen molar-refractivity contribution in [2.45, 2.75) is 19.3 Å². The van der Waals surface area contributed by atoms with E-state index in [0.29, 0.717) is 0 Å². The third-order valence-corrected chi connectivity index (χ3v) is 12.6. The van der Waals surface area contributed by atoms with Gasteiger partial charge in [-0.3, -0.25) is 0 Å². The highest BCUT2D eigenvalue weighted by molar-refractivity contribution is 6.09. The van der Waals surface area contributed by atoms with E-state index in [1.807, 2.05) is 0 Å². The van der Waals surface area contributed by atoms with E-state index in [1.165, 1.54) is 77.4 Å². The number of hydrogen-bond donors (Lipinski definition) is 0. The molecule has 0 radical (unpaired) electrons. The Kier molecular flexibility index (Phi) is 8.86. The average Bonchev–Trinajstić information content (AvgIpc) is 3.33. The highest BCUT2D eigenvalue weighted by Crippen LogP contribution is 2.57. The van der Waals surface area contributed by atoms with Crippen LogP contribution in [0.4, 0.5) is 34.1 Å². The second-order valence-electron chi connectivity index (χ2n) is 16.6. The van der Waals surface area contributed by atoms with E-state index in [-0.39, 0.29) is 5.41 Å². The smallest absolute Gasteiger partial charge is 0.0781 e. The van der Waals surface area contributed by atoms with Gasteiger partial charge in [-0.05, 0) is 109 Å². The Labute approximate surface area is 358 Å². The SMILES string of the molecule is CC1(C)c2ccccc2N(c2c(N(c3ccc(-c4ccccc4)cc3)c3ccc(-c4ccccc4)cc3)ccc3ccccc23)c2cc(-c3ccc4ccccc4c3)ccc21. The van der Waals surface area contributed by atoms with Crippen molar-refractivity contribution in [3.8, 4) is 33.4 Å². The minimum atomic E-state index is -0.241. The summed E-state index contributed by atoms with van der Waals surface area (Å²) in [7, 11) is 0. The van der Waals surface area contributed by atoms with Gasteiger partial charge in [0.1, 0.15) is 0 Å². The molecule has 0 aromatic heterocycles. The first-order valence-corrected chi connectivity index (χ1v) is 21.2. The number of nitrogens with zero attached hydrogens (tertiary/aromatic N) is 2. The van der Waals surface area contributed by atoms with Gasteiger partial charge in [-0.2, -0.15) is 0 Å². The molecule has 61 heavy (non-hydrogen) atoms. The predicted octanol–water partition coefficient (Wildman–Crippen LogP) is 16.6. The van der Waals surface area contributed by atoms with Gasteiger partial charge in [-0.1, -0.05) is 196 Å². The van der Waals surface area contributed by atoms with Gasteiger partial charge in [0.2, 0.25) is 0 Å². The van der Waals surface area contributed by atoms with Crippen molar-refractivity contribution in [1.29, 1.82) is 0 Å². The molecule has 1 aliphatic heterocycles. The van der Waals surface area contributed by atoms with Gasteiger partial charge in [-0.25, -0.2) is 0 Å². The molecule has 0 saturated heterocycles. The van der Waals surface area contributed by atoms with Crippen LogP contribution in [0.5, 0.6) is 0 Å². The largest absolute Gasteiger partial charge is 0.308 e. The summed E-state index contributed by atoms with van der Waals surface area (Å²) in [4.78, 5) is 5.00. The highest BCUT2D eigenvalue weighted by atomic mass is 15.2. The standard InChI is InChI=1S/C59H44N2/c1-59(2)53-23-13-14-24-55(53)61(57-40-49(31-37-54(57)59)48-26-25-43-19-9-10-21-47(43)39-48)58-52-22-12-11-20-46(52)32-38-56(58)60(50-33-27-44(28-34-50)41-15-5-3-6-16-41)51-35-29-45(30-36-51)42-17-7-4-8-18-42/h3-40H,1-2H3. The van der Waals surface area contributed by atoms with Crippen molar-refractivity contribution in [3.05, 3.63) is 242 Å². The van der Waals surface area contributed by atoms with Crippen molar-refractivity contribution in [1.82, 2.24) is 0 Å². The molecule has 0 amide bonds. The van der Waals surface area contributed by atoms with Crippen molar-refractivity contribution >= 4 is 55.7 Å². The maximum Gasteiger partial charge on any atom is 0.0781 e. The molecule has 1 aliphatic rings. The van der Waals surface area contributed by atoms with Crippen LogP contribution in [0.1, 0.15) is 25.0 Å². The van der Waals surface area contributed by atoms with Gasteiger partial charge in [0.15, 0.2) is 0 Å². The molecule has 290 valence electrons. The molecule has 0 spiro atoms. The van der Waals surface area contributed by atoms with Crippen LogP contribution >= 0.6 is 0 Å². The molecular formula is C59H44N2. The third-order valence-electron chi connectivity index (χ3n) is 12.6. The minimum Gasteiger partial charge on any atom is -0.308 e. The highest BCUT2D eigenvalue weighted by Gasteiger charge is 2.38. The maximum atomic E-state index is 2.56. The van der Waals surface area contributed by atoms with Crippen LogP contribution in [-0.4, -0.2) is 0 Å². The summed E-state index contributed by atoms with van der Waals surface area (Å²) < 4.78 is 0. The Morgan fingerprint density at radius 1 is 0.344 bits per heavy atom. The van der Waals surface area contributed by atoms with Crippen LogP contribution in [0.2, 0.25) is 0 Å². The fourth-order valence-electron chi connectivity index (χ4n) is 9.46. The van der Waals surface area contributed by atoms with Crippen LogP contribution in [0.25, 0.3) is 54.9 Å². The molecular weight excluding hydrogens is 737 g/mol. The Balaban J connectivity index is 1.17. The van der Waals surface area contributed by atoms with Gasteiger partial charge in [0.05, 0.1) is 22.7 Å². The van der Waals surface area contributed by atoms with Gasteiger partial charge in [0.25, 0.3) is 0 Å². The number of rotatable bonds is 7. The molecule has 0 atom stereocenters. The molecule has 0 unspecified atom stereocenters. The van der Waals surface area contributed by atoms with Crippen LogP contribution in [0.15, 0.2) is 231 Å². The van der Waals surface area contributed by atoms with Crippen LogP contribution in [0.3, 0.4) is 0 Å². The molecule has 0 N–H and O–H groups in total. The van der Waals surface area contributed by atoms with E-state index < -0.39 is 0 Å². The molecule has 10 aromatic carbocycles. The summed E-state index contributed by atoms with van der Waals surface area (Å²) in [6.07, 6.45) is 0. The van der Waals surface area contributed by atoms with Crippen molar-refractivity contribution in [3.63, 3.8) is 0 Å². The van der Waals surface area contributed by atoms with Gasteiger partial charge < -0.3 is 9.80 Å². The summed E-state index contributed by atoms with van der Waals surface area (Å²) >= 11 is 0. The predicted molar refractivity (Wildman–Crippen MR) is 259 cm³/mol. The first kappa shape index (κ1) is 36.4. The Hall–Kier alpha value is -7.68. The Bertz CT molecular complexity index is 3120. The number of para-hydroxylation sites is 1. The molecule has 0 aliphatic carbocycles. The van der Waals surface area contributed by atoms with E-state index in [2.05, 4.69) is 254 Å². The lowest BCUT2D eigenvalue weighted by Crippen LogP contribution is -2.31. The lowest BCUT2D eigenvalue weighted by Gasteiger charge is -2.44. The zero-order chi connectivity index (χ0) is 40.9. The fraction of sp³-hybridized carbons (Fsp3) is 0.0508. The van der Waals surface area contributed by atoms with Crippen LogP contribution in [0, 0.1) is 0 Å². The minimum absolute atomic E-state index is 0.241. The molecule has 11 rings (SSSR count). The van der Waals surface area contributed by atoms with Gasteiger partial charge >= 0.3 is 0 Å². The monoisotopic (exact) mass is 780 g/mol. The summed E-state index contributed by atoms with van der Waals surface area (Å²) in [5.41, 5.74) is 16.3. The molecule has 0 bridgehead atoms. The number of anilines is 6. The summed E-state index contributed by atoms with van der Waals surface area (Å²) in [6, 6.07) is 84.4. The maximum absolute atomic E-state index is 2.56. The molecule has 1 heterocycles. The zero-order valence-corrected chi connectivity index (χ0v) is 34.3. The fourth-order valence-corrected chi connectivity index (χ4v) is 9.46. The van der Waals surface area contributed by atoms with E-state index in [0.717, 1.165) is 22.7 Å². The van der Waals surface area contributed by atoms with E-state index in [4.69, 9.17) is 0 Å². The van der Waals surface area contributed by atoms with Crippen molar-refractivity contribution in [2.75, 3.05) is 9.80 Å². The zero-order valence-electron chi connectivity index (χ0n) is 34.3. The molecule has 0 saturated carbocycles. The quantitative estimate of drug-likeness (QED) is 0.159. The lowest BCUT2D eigenvalue weighted by atomic mass is 9.73. The summed E-state index contributed by atoms with van der Waals surface area (Å²) in [5, 5.41) is 4.86. The first-order valence-electron chi connectivity index (χ1n) is 21.2. The topological polar surface area (TPSA) is 6.48 Å². The van der Waals surface area contributed by atoms with Crippen molar-refractivity contribution in [2.24, 2.45) is 0 Å². The summed E-state index contributed by atoms with van der Waals surface area (Å²) in [5.74, 6) is 0. The second-order valence-corrected chi connectivity index (χ2v) is 16.6. The van der Waals surface area contributed by atoms with Gasteiger partial charge in [0, 0.05) is 22.2 Å². The first-order chi connectivity index (χ1) is 30.0. The Morgan fingerprint density at radius 3 is 1.49 bits per heavy atom. The second kappa shape index (κ2) is 14.9. The molecule has 2 nitrogen and oxygen atoms in total. The average molecular weight is 781 g/mol. The molecule has 2 heteroatoms. The van der Waals surface area contributed by atoms with Crippen LogP contribution < -0.4 is 9.80 Å². The number of benzene rings is 10. The van der Waals surface area contributed by atoms with E-state index in [9.17, 15) is 0 Å². The number of fused-ring (bicyclic) bond motifs is 4.